The van der Waals surface area contributed by atoms with Gasteiger partial charge in [-0.3, -0.25) is 0 Å². The fourth-order valence-corrected chi connectivity index (χ4v) is 2.29. The van der Waals surface area contributed by atoms with E-state index in [0.717, 1.165) is 32.5 Å². The van der Waals surface area contributed by atoms with Crippen LogP contribution in [0.1, 0.15) is 33.1 Å². The molecule has 1 rings (SSSR count). The van der Waals surface area contributed by atoms with Crippen molar-refractivity contribution in [1.82, 2.24) is 15.5 Å². The Morgan fingerprint density at radius 2 is 1.95 bits per heavy atom. The van der Waals surface area contributed by atoms with E-state index in [2.05, 4.69) is 22.5 Å². The van der Waals surface area contributed by atoms with Gasteiger partial charge >= 0.3 is 12.0 Å². The number of likely N-dealkylation sites (tertiary alicyclic amines) is 1. The Hall–Kier alpha value is -1.30. The summed E-state index contributed by atoms with van der Waals surface area (Å²) in [7, 11) is 0. The average molecular weight is 271 g/mol. The number of hydrogen-bond acceptors (Lipinski definition) is 3. The van der Waals surface area contributed by atoms with E-state index in [9.17, 15) is 9.59 Å². The topological polar surface area (TPSA) is 81.7 Å². The second-order valence-corrected chi connectivity index (χ2v) is 5.03. The molecule has 1 heterocycles. The molecule has 0 saturated carbocycles. The lowest BCUT2D eigenvalue weighted by Crippen LogP contribution is -2.47. The minimum absolute atomic E-state index is 0.382. The summed E-state index contributed by atoms with van der Waals surface area (Å²) >= 11 is 0. The Morgan fingerprint density at radius 3 is 2.42 bits per heavy atom. The van der Waals surface area contributed by atoms with Crippen LogP contribution < -0.4 is 10.6 Å². The molecule has 0 radical (unpaired) electrons. The van der Waals surface area contributed by atoms with Crippen molar-refractivity contribution in [2.24, 2.45) is 5.92 Å². The summed E-state index contributed by atoms with van der Waals surface area (Å²) < 4.78 is 0. The van der Waals surface area contributed by atoms with Crippen molar-refractivity contribution < 1.29 is 14.7 Å². The third-order valence-corrected chi connectivity index (χ3v) is 3.72. The van der Waals surface area contributed by atoms with Crippen molar-refractivity contribution >= 4 is 12.0 Å². The lowest BCUT2D eigenvalue weighted by Gasteiger charge is -2.31. The van der Waals surface area contributed by atoms with Gasteiger partial charge in [0.25, 0.3) is 0 Å². The summed E-state index contributed by atoms with van der Waals surface area (Å²) in [5.74, 6) is -0.493. The number of carboxylic acids is 1. The van der Waals surface area contributed by atoms with Crippen molar-refractivity contribution in [3.8, 4) is 0 Å². The summed E-state index contributed by atoms with van der Waals surface area (Å²) in [6, 6.07) is -1.19. The van der Waals surface area contributed by atoms with Gasteiger partial charge in [0.1, 0.15) is 6.04 Å². The molecule has 1 saturated heterocycles. The molecule has 0 aromatic heterocycles. The molecule has 0 aromatic carbocycles. The first-order valence-corrected chi connectivity index (χ1v) is 7.06. The van der Waals surface area contributed by atoms with Crippen LogP contribution in [0.2, 0.25) is 0 Å². The number of piperidine rings is 1. The van der Waals surface area contributed by atoms with Crippen LogP contribution in [-0.4, -0.2) is 54.2 Å². The van der Waals surface area contributed by atoms with E-state index in [1.165, 1.54) is 0 Å². The van der Waals surface area contributed by atoms with Gasteiger partial charge in [-0.15, -0.1) is 0 Å². The fourth-order valence-electron chi connectivity index (χ4n) is 2.29. The molecule has 3 N–H and O–H groups in total. The number of amides is 2. The normalized spacial score (nSPS) is 18.8. The highest BCUT2D eigenvalue weighted by Crippen LogP contribution is 2.15. The third-order valence-electron chi connectivity index (χ3n) is 3.72. The number of carbonyl (C=O) groups is 2. The largest absolute Gasteiger partial charge is 0.480 e. The zero-order valence-corrected chi connectivity index (χ0v) is 11.8. The van der Waals surface area contributed by atoms with E-state index in [1.807, 2.05) is 0 Å². The van der Waals surface area contributed by atoms with Crippen LogP contribution in [0.25, 0.3) is 0 Å². The number of rotatable bonds is 6. The Balaban J connectivity index is 2.22. The van der Waals surface area contributed by atoms with Gasteiger partial charge < -0.3 is 20.6 Å². The smallest absolute Gasteiger partial charge is 0.326 e. The van der Waals surface area contributed by atoms with E-state index in [1.54, 1.807) is 6.92 Å². The maximum Gasteiger partial charge on any atom is 0.326 e. The molecule has 1 atom stereocenters. The van der Waals surface area contributed by atoms with Gasteiger partial charge in [-0.1, -0.05) is 13.8 Å². The van der Waals surface area contributed by atoms with Crippen LogP contribution in [-0.2, 0) is 4.79 Å². The first-order chi connectivity index (χ1) is 9.06. The average Bonchev–Trinajstić information content (AvgIpc) is 2.42. The highest BCUT2D eigenvalue weighted by atomic mass is 16.4. The molecule has 2 amide bonds. The number of urea groups is 1. The van der Waals surface area contributed by atoms with E-state index in [-0.39, 0.29) is 6.03 Å². The summed E-state index contributed by atoms with van der Waals surface area (Å²) in [5.41, 5.74) is 0. The lowest BCUT2D eigenvalue weighted by atomic mass is 9.97. The number of nitrogens with one attached hydrogen (secondary N) is 2. The molecule has 0 spiro atoms. The fraction of sp³-hybridized carbons (Fsp3) is 0.846. The zero-order chi connectivity index (χ0) is 14.3. The standard InChI is InChI=1S/C13H25N3O3/c1-3-11(12(17)18)15-13(19)14-9-10-5-7-16(4-2)8-6-10/h10-11H,3-9H2,1-2H3,(H,17,18)(H2,14,15,19). The summed E-state index contributed by atoms with van der Waals surface area (Å²) in [6.07, 6.45) is 2.56. The molecule has 0 aromatic rings. The molecule has 1 aliphatic rings. The molecule has 1 aliphatic heterocycles. The van der Waals surface area contributed by atoms with Gasteiger partial charge in [-0.25, -0.2) is 9.59 Å². The maximum atomic E-state index is 11.6. The second kappa shape index (κ2) is 7.99. The van der Waals surface area contributed by atoms with Gasteiger partial charge in [-0.05, 0) is 44.8 Å². The molecule has 110 valence electrons. The van der Waals surface area contributed by atoms with Crippen molar-refractivity contribution in [2.45, 2.75) is 39.2 Å². The molecular weight excluding hydrogens is 246 g/mol. The molecule has 6 heteroatoms. The summed E-state index contributed by atoms with van der Waals surface area (Å²) in [4.78, 5) is 24.8. The molecular formula is C13H25N3O3. The summed E-state index contributed by atoms with van der Waals surface area (Å²) in [6.45, 7) is 7.76. The van der Waals surface area contributed by atoms with Crippen LogP contribution >= 0.6 is 0 Å². The van der Waals surface area contributed by atoms with Crippen molar-refractivity contribution in [3.05, 3.63) is 0 Å². The lowest BCUT2D eigenvalue weighted by molar-refractivity contribution is -0.139. The summed E-state index contributed by atoms with van der Waals surface area (Å²) in [5, 5.41) is 14.1. The van der Waals surface area contributed by atoms with Crippen LogP contribution in [0.3, 0.4) is 0 Å². The highest BCUT2D eigenvalue weighted by molar-refractivity contribution is 5.82. The predicted molar refractivity (Wildman–Crippen MR) is 73.1 cm³/mol. The number of carbonyl (C=O) groups excluding carboxylic acids is 1. The Morgan fingerprint density at radius 1 is 1.32 bits per heavy atom. The van der Waals surface area contributed by atoms with Gasteiger partial charge in [0, 0.05) is 6.54 Å². The number of carboxylic acid groups (broad SMARTS) is 1. The van der Waals surface area contributed by atoms with Crippen LogP contribution in [0.15, 0.2) is 0 Å². The number of hydrogen-bond donors (Lipinski definition) is 3. The minimum Gasteiger partial charge on any atom is -0.480 e. The zero-order valence-electron chi connectivity index (χ0n) is 11.8. The molecule has 19 heavy (non-hydrogen) atoms. The second-order valence-electron chi connectivity index (χ2n) is 5.03. The Bertz CT molecular complexity index is 302. The van der Waals surface area contributed by atoms with Gasteiger partial charge in [0.15, 0.2) is 0 Å². The van der Waals surface area contributed by atoms with Crippen LogP contribution in [0, 0.1) is 5.92 Å². The Kier molecular flexibility index (Phi) is 6.62. The predicted octanol–water partition coefficient (Wildman–Crippen LogP) is 0.881. The molecule has 0 bridgehead atoms. The van der Waals surface area contributed by atoms with Crippen molar-refractivity contribution in [3.63, 3.8) is 0 Å². The van der Waals surface area contributed by atoms with E-state index >= 15 is 0 Å². The molecule has 0 aliphatic carbocycles. The third kappa shape index (κ3) is 5.46. The molecule has 1 unspecified atom stereocenters. The monoisotopic (exact) mass is 271 g/mol. The van der Waals surface area contributed by atoms with Gasteiger partial charge in [0.2, 0.25) is 0 Å². The van der Waals surface area contributed by atoms with E-state index in [4.69, 9.17) is 5.11 Å². The van der Waals surface area contributed by atoms with Crippen LogP contribution in [0.4, 0.5) is 4.79 Å². The quantitative estimate of drug-likeness (QED) is 0.670. The van der Waals surface area contributed by atoms with E-state index < -0.39 is 12.0 Å². The van der Waals surface area contributed by atoms with Crippen molar-refractivity contribution in [2.75, 3.05) is 26.2 Å². The van der Waals surface area contributed by atoms with E-state index in [0.29, 0.717) is 18.9 Å². The van der Waals surface area contributed by atoms with Gasteiger partial charge in [0.05, 0.1) is 0 Å². The van der Waals surface area contributed by atoms with Crippen molar-refractivity contribution in [1.29, 1.82) is 0 Å². The van der Waals surface area contributed by atoms with Crippen LogP contribution in [0.5, 0.6) is 0 Å². The SMILES string of the molecule is CCC(NC(=O)NCC1CCN(CC)CC1)C(=O)O. The molecule has 6 nitrogen and oxygen atoms in total. The first-order valence-electron chi connectivity index (χ1n) is 7.06. The highest BCUT2D eigenvalue weighted by Gasteiger charge is 2.20. The van der Waals surface area contributed by atoms with Gasteiger partial charge in [-0.2, -0.15) is 0 Å². The Labute approximate surface area is 114 Å². The number of nitrogens with zero attached hydrogens (tertiary/aromatic N) is 1. The molecule has 1 fully saturated rings. The maximum absolute atomic E-state index is 11.6. The minimum atomic E-state index is -0.992. The number of aliphatic carboxylic acids is 1. The first kappa shape index (κ1) is 15.8.